The number of carbonyl (C=O) groups excluding carboxylic acids is 1. The fourth-order valence-corrected chi connectivity index (χ4v) is 2.01. The maximum Gasteiger partial charge on any atom is 0.335 e. The van der Waals surface area contributed by atoms with Crippen LogP contribution in [0, 0.1) is 0 Å². The van der Waals surface area contributed by atoms with Crippen LogP contribution in [0.15, 0.2) is 28.6 Å². The summed E-state index contributed by atoms with van der Waals surface area (Å²) >= 11 is 0. The summed E-state index contributed by atoms with van der Waals surface area (Å²) < 4.78 is 5.00. The van der Waals surface area contributed by atoms with E-state index in [1.807, 2.05) is 13.1 Å². The highest BCUT2D eigenvalue weighted by Crippen LogP contribution is 2.28. The van der Waals surface area contributed by atoms with Crippen molar-refractivity contribution in [3.63, 3.8) is 0 Å². The van der Waals surface area contributed by atoms with Crippen molar-refractivity contribution >= 4 is 11.8 Å². The lowest BCUT2D eigenvalue weighted by Gasteiger charge is -2.22. The van der Waals surface area contributed by atoms with E-state index in [1.54, 1.807) is 24.8 Å². The molecule has 5 heteroatoms. The molecule has 2 rings (SSSR count). The molecule has 2 aliphatic rings. The van der Waals surface area contributed by atoms with E-state index in [2.05, 4.69) is 4.99 Å². The van der Waals surface area contributed by atoms with Crippen LogP contribution in [0.1, 0.15) is 20.8 Å². The van der Waals surface area contributed by atoms with Gasteiger partial charge < -0.3 is 14.7 Å². The Kier molecular flexibility index (Phi) is 2.69. The summed E-state index contributed by atoms with van der Waals surface area (Å²) in [5.74, 6) is 0.171. The maximum atomic E-state index is 11.8. The minimum Gasteiger partial charge on any atom is -0.504 e. The molecule has 0 saturated carbocycles. The van der Waals surface area contributed by atoms with Gasteiger partial charge >= 0.3 is 5.97 Å². The number of ether oxygens (including phenoxy) is 1. The first-order chi connectivity index (χ1) is 7.96. The standard InChI is InChI=1S/C12H16N2O3/c1-4-17-11(16)12(3)7-14-6-8(2)5-9(15)10(14)13-12/h5-6,15H,4,7H2,1-3H3. The van der Waals surface area contributed by atoms with Crippen LogP contribution in [-0.2, 0) is 9.53 Å². The molecule has 17 heavy (non-hydrogen) atoms. The smallest absolute Gasteiger partial charge is 0.335 e. The van der Waals surface area contributed by atoms with E-state index in [0.29, 0.717) is 19.0 Å². The predicted molar refractivity (Wildman–Crippen MR) is 63.6 cm³/mol. The van der Waals surface area contributed by atoms with Crippen LogP contribution in [0.5, 0.6) is 0 Å². The first kappa shape index (κ1) is 11.7. The topological polar surface area (TPSA) is 62.1 Å². The number of esters is 1. The quantitative estimate of drug-likeness (QED) is 0.736. The highest BCUT2D eigenvalue weighted by Gasteiger charge is 2.44. The van der Waals surface area contributed by atoms with Crippen molar-refractivity contribution in [1.82, 2.24) is 4.90 Å². The van der Waals surface area contributed by atoms with E-state index in [4.69, 9.17) is 4.74 Å². The number of aliphatic hydroxyl groups excluding tert-OH is 1. The molecule has 5 nitrogen and oxygen atoms in total. The third kappa shape index (κ3) is 1.92. The monoisotopic (exact) mass is 236 g/mol. The Morgan fingerprint density at radius 1 is 1.71 bits per heavy atom. The highest BCUT2D eigenvalue weighted by atomic mass is 16.5. The van der Waals surface area contributed by atoms with Crippen LogP contribution < -0.4 is 0 Å². The molecule has 0 bridgehead atoms. The number of amidine groups is 1. The molecule has 0 aliphatic carbocycles. The van der Waals surface area contributed by atoms with Gasteiger partial charge in [-0.1, -0.05) is 0 Å². The van der Waals surface area contributed by atoms with Crippen molar-refractivity contribution in [3.8, 4) is 0 Å². The van der Waals surface area contributed by atoms with Crippen molar-refractivity contribution in [2.24, 2.45) is 4.99 Å². The fraction of sp³-hybridized carbons (Fsp3) is 0.500. The molecule has 0 fully saturated rings. The summed E-state index contributed by atoms with van der Waals surface area (Å²) in [5, 5.41) is 9.79. The fourth-order valence-electron chi connectivity index (χ4n) is 2.01. The van der Waals surface area contributed by atoms with Crippen molar-refractivity contribution in [3.05, 3.63) is 23.6 Å². The molecule has 1 unspecified atom stereocenters. The van der Waals surface area contributed by atoms with Gasteiger partial charge in [0, 0.05) is 6.20 Å². The number of carbonyl (C=O) groups is 1. The van der Waals surface area contributed by atoms with Crippen molar-refractivity contribution in [2.75, 3.05) is 13.2 Å². The molecule has 0 spiro atoms. The molecule has 1 N–H and O–H groups in total. The van der Waals surface area contributed by atoms with Crippen LogP contribution in [0.3, 0.4) is 0 Å². The second kappa shape index (κ2) is 3.91. The van der Waals surface area contributed by atoms with Gasteiger partial charge in [0.05, 0.1) is 13.2 Å². The lowest BCUT2D eigenvalue weighted by Crippen LogP contribution is -2.40. The van der Waals surface area contributed by atoms with Gasteiger partial charge in [0.2, 0.25) is 0 Å². The van der Waals surface area contributed by atoms with Crippen LogP contribution in [0.4, 0.5) is 0 Å². The molecule has 0 radical (unpaired) electrons. The number of nitrogens with zero attached hydrogens (tertiary/aromatic N) is 2. The molecular weight excluding hydrogens is 220 g/mol. The number of hydrogen-bond acceptors (Lipinski definition) is 5. The van der Waals surface area contributed by atoms with E-state index < -0.39 is 5.54 Å². The van der Waals surface area contributed by atoms with Gasteiger partial charge in [0.15, 0.2) is 17.1 Å². The van der Waals surface area contributed by atoms with E-state index in [-0.39, 0.29) is 11.7 Å². The van der Waals surface area contributed by atoms with E-state index >= 15 is 0 Å². The van der Waals surface area contributed by atoms with Gasteiger partial charge in [0.1, 0.15) is 0 Å². The Bertz CT molecular complexity index is 451. The summed E-state index contributed by atoms with van der Waals surface area (Å²) in [6, 6.07) is 0. The normalized spacial score (nSPS) is 27.0. The third-order valence-electron chi connectivity index (χ3n) is 2.77. The molecule has 0 saturated heterocycles. The number of rotatable bonds is 2. The summed E-state index contributed by atoms with van der Waals surface area (Å²) in [4.78, 5) is 17.9. The van der Waals surface area contributed by atoms with Crippen LogP contribution in [-0.4, -0.2) is 40.5 Å². The SMILES string of the molecule is CCOC(=O)C1(C)CN2C=C(C)C=C(O)C2=N1. The summed E-state index contributed by atoms with van der Waals surface area (Å²) in [6.45, 7) is 6.09. The third-order valence-corrected chi connectivity index (χ3v) is 2.77. The number of aliphatic imine (C=N–C) groups is 1. The molecule has 2 heterocycles. The van der Waals surface area contributed by atoms with E-state index in [1.165, 1.54) is 0 Å². The number of hydrogen-bond donors (Lipinski definition) is 1. The highest BCUT2D eigenvalue weighted by molar-refractivity contribution is 6.03. The number of aliphatic hydroxyl groups is 1. The average Bonchev–Trinajstić information content (AvgIpc) is 2.57. The summed E-state index contributed by atoms with van der Waals surface area (Å²) in [6.07, 6.45) is 3.50. The van der Waals surface area contributed by atoms with Crippen LogP contribution >= 0.6 is 0 Å². The zero-order valence-electron chi connectivity index (χ0n) is 10.2. The molecular formula is C12H16N2O3. The first-order valence-corrected chi connectivity index (χ1v) is 5.59. The first-order valence-electron chi connectivity index (χ1n) is 5.59. The predicted octanol–water partition coefficient (Wildman–Crippen LogP) is 1.38. The van der Waals surface area contributed by atoms with E-state index in [0.717, 1.165) is 5.57 Å². The molecule has 0 aromatic carbocycles. The molecule has 0 aromatic heterocycles. The molecule has 92 valence electrons. The lowest BCUT2D eigenvalue weighted by atomic mass is 10.1. The van der Waals surface area contributed by atoms with Crippen molar-refractivity contribution in [2.45, 2.75) is 26.3 Å². The van der Waals surface area contributed by atoms with Crippen LogP contribution in [0.25, 0.3) is 0 Å². The zero-order chi connectivity index (χ0) is 12.6. The van der Waals surface area contributed by atoms with Gasteiger partial charge in [-0.3, -0.25) is 0 Å². The Morgan fingerprint density at radius 2 is 2.41 bits per heavy atom. The molecule has 0 amide bonds. The Morgan fingerprint density at radius 3 is 3.06 bits per heavy atom. The van der Waals surface area contributed by atoms with E-state index in [9.17, 15) is 9.90 Å². The lowest BCUT2D eigenvalue weighted by molar-refractivity contribution is -0.148. The molecule has 2 aliphatic heterocycles. The second-order valence-corrected chi connectivity index (χ2v) is 4.46. The minimum absolute atomic E-state index is 0.0954. The summed E-state index contributed by atoms with van der Waals surface area (Å²) in [7, 11) is 0. The molecule has 0 aromatic rings. The number of allylic oxidation sites excluding steroid dienone is 2. The van der Waals surface area contributed by atoms with Gasteiger partial charge in [0.25, 0.3) is 0 Å². The Labute approximate surface area is 100 Å². The van der Waals surface area contributed by atoms with Gasteiger partial charge in [-0.15, -0.1) is 0 Å². The van der Waals surface area contributed by atoms with Gasteiger partial charge in [-0.05, 0) is 32.4 Å². The van der Waals surface area contributed by atoms with Gasteiger partial charge in [-0.25, -0.2) is 9.79 Å². The van der Waals surface area contributed by atoms with Crippen molar-refractivity contribution < 1.29 is 14.6 Å². The zero-order valence-corrected chi connectivity index (χ0v) is 10.2. The number of fused-ring (bicyclic) bond motifs is 1. The minimum atomic E-state index is -0.936. The molecule has 1 atom stereocenters. The summed E-state index contributed by atoms with van der Waals surface area (Å²) in [5.41, 5.74) is -0.0107. The average molecular weight is 236 g/mol. The Balaban J connectivity index is 2.29. The second-order valence-electron chi connectivity index (χ2n) is 4.46. The van der Waals surface area contributed by atoms with Crippen molar-refractivity contribution in [1.29, 1.82) is 0 Å². The largest absolute Gasteiger partial charge is 0.504 e. The van der Waals surface area contributed by atoms with Crippen LogP contribution in [0.2, 0.25) is 0 Å². The van der Waals surface area contributed by atoms with Gasteiger partial charge in [-0.2, -0.15) is 0 Å². The maximum absolute atomic E-state index is 11.8. The Hall–Kier alpha value is -1.78.